The average molecular weight is 305 g/mol. The second-order valence-electron chi connectivity index (χ2n) is 5.03. The molecule has 5 nitrogen and oxygen atoms in total. The van der Waals surface area contributed by atoms with Crippen molar-refractivity contribution in [2.45, 2.75) is 49.8 Å². The lowest BCUT2D eigenvalue weighted by Crippen LogP contribution is -2.42. The minimum atomic E-state index is -3.58. The maximum absolute atomic E-state index is 12.2. The number of thiophene rings is 1. The normalized spacial score (nSPS) is 12.6. The summed E-state index contributed by atoms with van der Waals surface area (Å²) < 4.78 is 27.2. The highest BCUT2D eigenvalue weighted by Crippen LogP contribution is 2.24. The van der Waals surface area contributed by atoms with Crippen molar-refractivity contribution in [2.24, 2.45) is 0 Å². The monoisotopic (exact) mass is 305 g/mol. The van der Waals surface area contributed by atoms with Gasteiger partial charge in [0.1, 0.15) is 4.21 Å². The van der Waals surface area contributed by atoms with Gasteiger partial charge in [-0.25, -0.2) is 13.1 Å². The Kier molecular flexibility index (Phi) is 5.11. The SMILES string of the molecule is CCCC(C)(C)NS(=O)(=O)c1ccc(CC(=O)O)s1. The first-order valence-corrected chi connectivity index (χ1v) is 8.31. The Morgan fingerprint density at radius 2 is 2.05 bits per heavy atom. The molecule has 108 valence electrons. The van der Waals surface area contributed by atoms with Crippen LogP contribution in [0.1, 0.15) is 38.5 Å². The molecule has 0 aromatic carbocycles. The van der Waals surface area contributed by atoms with Crippen LogP contribution in [0.2, 0.25) is 0 Å². The third-order valence-corrected chi connectivity index (χ3v) is 5.79. The van der Waals surface area contributed by atoms with Crippen molar-refractivity contribution < 1.29 is 18.3 Å². The molecule has 0 saturated carbocycles. The summed E-state index contributed by atoms with van der Waals surface area (Å²) >= 11 is 0.996. The number of carbonyl (C=O) groups is 1. The van der Waals surface area contributed by atoms with Gasteiger partial charge in [-0.05, 0) is 32.4 Å². The molecule has 0 saturated heterocycles. The zero-order chi connectivity index (χ0) is 14.7. The molecule has 19 heavy (non-hydrogen) atoms. The quantitative estimate of drug-likeness (QED) is 0.809. The van der Waals surface area contributed by atoms with Gasteiger partial charge in [-0.2, -0.15) is 0 Å². The molecular weight excluding hydrogens is 286 g/mol. The van der Waals surface area contributed by atoms with Gasteiger partial charge in [0.2, 0.25) is 0 Å². The summed E-state index contributed by atoms with van der Waals surface area (Å²) in [5, 5.41) is 8.68. The lowest BCUT2D eigenvalue weighted by atomic mass is 10.0. The van der Waals surface area contributed by atoms with Crippen LogP contribution in [0.3, 0.4) is 0 Å². The molecule has 1 heterocycles. The van der Waals surface area contributed by atoms with Crippen LogP contribution in [0.4, 0.5) is 0 Å². The van der Waals surface area contributed by atoms with Crippen LogP contribution in [0.25, 0.3) is 0 Å². The van der Waals surface area contributed by atoms with Crippen LogP contribution in [0.15, 0.2) is 16.3 Å². The zero-order valence-electron chi connectivity index (χ0n) is 11.3. The predicted octanol–water partition coefficient (Wildman–Crippen LogP) is 2.23. The fraction of sp³-hybridized carbons (Fsp3) is 0.583. The molecule has 0 fully saturated rings. The summed E-state index contributed by atoms with van der Waals surface area (Å²) in [6.07, 6.45) is 1.46. The number of rotatable bonds is 7. The fourth-order valence-electron chi connectivity index (χ4n) is 1.84. The molecule has 1 rings (SSSR count). The van der Waals surface area contributed by atoms with E-state index in [1.54, 1.807) is 6.07 Å². The Bertz CT molecular complexity index is 546. The van der Waals surface area contributed by atoms with Crippen LogP contribution in [0, 0.1) is 0 Å². The third-order valence-electron chi connectivity index (χ3n) is 2.51. The van der Waals surface area contributed by atoms with Crippen molar-refractivity contribution >= 4 is 27.3 Å². The van der Waals surface area contributed by atoms with Gasteiger partial charge in [-0.15, -0.1) is 11.3 Å². The second kappa shape index (κ2) is 6.02. The maximum Gasteiger partial charge on any atom is 0.308 e. The van der Waals surface area contributed by atoms with Gasteiger partial charge >= 0.3 is 5.97 Å². The van der Waals surface area contributed by atoms with E-state index in [0.29, 0.717) is 4.88 Å². The molecule has 0 aliphatic heterocycles. The van der Waals surface area contributed by atoms with Gasteiger partial charge in [-0.1, -0.05) is 13.3 Å². The summed E-state index contributed by atoms with van der Waals surface area (Å²) in [6, 6.07) is 2.99. The van der Waals surface area contributed by atoms with Gasteiger partial charge in [0.25, 0.3) is 10.0 Å². The molecule has 0 spiro atoms. The molecule has 0 atom stereocenters. The summed E-state index contributed by atoms with van der Waals surface area (Å²) in [4.78, 5) is 11.1. The number of sulfonamides is 1. The van der Waals surface area contributed by atoms with Crippen molar-refractivity contribution in [3.63, 3.8) is 0 Å². The highest BCUT2D eigenvalue weighted by Gasteiger charge is 2.26. The summed E-state index contributed by atoms with van der Waals surface area (Å²) in [5.74, 6) is -0.968. The predicted molar refractivity (Wildman–Crippen MR) is 75.0 cm³/mol. The largest absolute Gasteiger partial charge is 0.481 e. The van der Waals surface area contributed by atoms with Crippen molar-refractivity contribution in [1.82, 2.24) is 4.72 Å². The van der Waals surface area contributed by atoms with E-state index < -0.39 is 21.5 Å². The van der Waals surface area contributed by atoms with E-state index in [0.717, 1.165) is 24.2 Å². The standard InChI is InChI=1S/C12H19NO4S2/c1-4-7-12(2,3)13-19(16,17)11-6-5-9(18-11)8-10(14)15/h5-6,13H,4,7-8H2,1-3H3,(H,14,15). The Balaban J connectivity index is 2.89. The summed E-state index contributed by atoms with van der Waals surface area (Å²) in [5.41, 5.74) is -0.509. The van der Waals surface area contributed by atoms with E-state index in [4.69, 9.17) is 5.11 Å². The maximum atomic E-state index is 12.2. The number of nitrogens with one attached hydrogen (secondary N) is 1. The van der Waals surface area contributed by atoms with Gasteiger partial charge in [0, 0.05) is 10.4 Å². The van der Waals surface area contributed by atoms with Crippen LogP contribution in [0.5, 0.6) is 0 Å². The van der Waals surface area contributed by atoms with Gasteiger partial charge in [0.15, 0.2) is 0 Å². The first-order valence-electron chi connectivity index (χ1n) is 6.01. The minimum absolute atomic E-state index is 0.154. The Hall–Kier alpha value is -0.920. The molecular formula is C12H19NO4S2. The van der Waals surface area contributed by atoms with Gasteiger partial charge in [-0.3, -0.25) is 4.79 Å². The van der Waals surface area contributed by atoms with Crippen molar-refractivity contribution in [1.29, 1.82) is 0 Å². The Morgan fingerprint density at radius 3 is 2.58 bits per heavy atom. The topological polar surface area (TPSA) is 83.5 Å². The third kappa shape index (κ3) is 4.93. The lowest BCUT2D eigenvalue weighted by molar-refractivity contribution is -0.136. The van der Waals surface area contributed by atoms with Crippen LogP contribution in [-0.4, -0.2) is 25.0 Å². The number of aliphatic carboxylic acids is 1. The number of carboxylic acids is 1. The molecule has 0 unspecified atom stereocenters. The molecule has 0 bridgehead atoms. The summed E-state index contributed by atoms with van der Waals surface area (Å²) in [7, 11) is -3.58. The van der Waals surface area contributed by atoms with E-state index in [-0.39, 0.29) is 10.6 Å². The molecule has 0 aliphatic rings. The lowest BCUT2D eigenvalue weighted by Gasteiger charge is -2.24. The molecule has 0 aliphatic carbocycles. The molecule has 7 heteroatoms. The van der Waals surface area contributed by atoms with Crippen molar-refractivity contribution in [2.75, 3.05) is 0 Å². The van der Waals surface area contributed by atoms with E-state index in [1.807, 2.05) is 20.8 Å². The van der Waals surface area contributed by atoms with Crippen LogP contribution in [-0.2, 0) is 21.2 Å². The highest BCUT2D eigenvalue weighted by molar-refractivity contribution is 7.91. The Morgan fingerprint density at radius 1 is 1.42 bits per heavy atom. The second-order valence-corrected chi connectivity index (χ2v) is 8.11. The minimum Gasteiger partial charge on any atom is -0.481 e. The summed E-state index contributed by atoms with van der Waals surface area (Å²) in [6.45, 7) is 5.66. The zero-order valence-corrected chi connectivity index (χ0v) is 12.9. The van der Waals surface area contributed by atoms with E-state index >= 15 is 0 Å². The number of carboxylic acid groups (broad SMARTS) is 1. The number of hydrogen-bond acceptors (Lipinski definition) is 4. The highest BCUT2D eigenvalue weighted by atomic mass is 32.2. The fourth-order valence-corrected chi connectivity index (χ4v) is 4.63. The van der Waals surface area contributed by atoms with E-state index in [2.05, 4.69) is 4.72 Å². The van der Waals surface area contributed by atoms with E-state index in [1.165, 1.54) is 6.07 Å². The van der Waals surface area contributed by atoms with Crippen molar-refractivity contribution in [3.05, 3.63) is 17.0 Å². The number of hydrogen-bond donors (Lipinski definition) is 2. The molecule has 1 aromatic rings. The van der Waals surface area contributed by atoms with Crippen LogP contribution >= 0.6 is 11.3 Å². The first kappa shape index (κ1) is 16.1. The van der Waals surface area contributed by atoms with Crippen molar-refractivity contribution in [3.8, 4) is 0 Å². The van der Waals surface area contributed by atoms with Crippen LogP contribution < -0.4 is 4.72 Å². The Labute approximate surface area is 117 Å². The molecule has 2 N–H and O–H groups in total. The van der Waals surface area contributed by atoms with Gasteiger partial charge < -0.3 is 5.11 Å². The molecule has 0 amide bonds. The van der Waals surface area contributed by atoms with Gasteiger partial charge in [0.05, 0.1) is 6.42 Å². The molecule has 1 aromatic heterocycles. The van der Waals surface area contributed by atoms with E-state index in [9.17, 15) is 13.2 Å². The molecule has 0 radical (unpaired) electrons. The smallest absolute Gasteiger partial charge is 0.308 e. The average Bonchev–Trinajstić information content (AvgIpc) is 2.63. The first-order chi connectivity index (χ1) is 8.66.